The number of benzene rings is 2. The van der Waals surface area contributed by atoms with Crippen molar-refractivity contribution in [3.05, 3.63) is 60.2 Å². The number of thiocarbonyl (C=S) groups is 1. The Morgan fingerprint density at radius 1 is 1.04 bits per heavy atom. The van der Waals surface area contributed by atoms with E-state index < -0.39 is 0 Å². The highest BCUT2D eigenvalue weighted by molar-refractivity contribution is 7.80. The Labute approximate surface area is 144 Å². The van der Waals surface area contributed by atoms with Crippen molar-refractivity contribution < 1.29 is 4.74 Å². The maximum Gasteiger partial charge on any atom is 0.171 e. The van der Waals surface area contributed by atoms with Crippen molar-refractivity contribution in [2.24, 2.45) is 5.92 Å². The van der Waals surface area contributed by atoms with E-state index in [1.54, 1.807) is 7.11 Å². The molecule has 0 aliphatic rings. The second-order valence-electron chi connectivity index (χ2n) is 5.92. The van der Waals surface area contributed by atoms with Crippen LogP contribution in [0.4, 0.5) is 5.69 Å². The van der Waals surface area contributed by atoms with Gasteiger partial charge >= 0.3 is 0 Å². The molecule has 2 rings (SSSR count). The first-order valence-electron chi connectivity index (χ1n) is 7.85. The van der Waals surface area contributed by atoms with E-state index >= 15 is 0 Å². The van der Waals surface area contributed by atoms with E-state index in [9.17, 15) is 0 Å². The molecule has 2 N–H and O–H groups in total. The molecule has 0 radical (unpaired) electrons. The molecule has 2 aromatic rings. The number of para-hydroxylation sites is 1. The zero-order valence-corrected chi connectivity index (χ0v) is 14.7. The summed E-state index contributed by atoms with van der Waals surface area (Å²) in [5, 5.41) is 7.30. The Balaban J connectivity index is 2.06. The summed E-state index contributed by atoms with van der Waals surface area (Å²) in [4.78, 5) is 0. The van der Waals surface area contributed by atoms with Crippen LogP contribution in [0.15, 0.2) is 54.6 Å². The first kappa shape index (κ1) is 17.3. The fraction of sp³-hybridized carbons (Fsp3) is 0.316. The number of hydrogen-bond donors (Lipinski definition) is 2. The molecule has 2 aromatic carbocycles. The zero-order valence-electron chi connectivity index (χ0n) is 13.9. The van der Waals surface area contributed by atoms with Gasteiger partial charge in [0.2, 0.25) is 0 Å². The van der Waals surface area contributed by atoms with Crippen molar-refractivity contribution in [1.82, 2.24) is 5.32 Å². The summed E-state index contributed by atoms with van der Waals surface area (Å²) in [7, 11) is 1.68. The second kappa shape index (κ2) is 8.53. The molecule has 23 heavy (non-hydrogen) atoms. The molecule has 122 valence electrons. The molecule has 0 aliphatic heterocycles. The van der Waals surface area contributed by atoms with Crippen LogP contribution < -0.4 is 15.4 Å². The molecule has 3 nitrogen and oxygen atoms in total. The molecule has 0 spiro atoms. The van der Waals surface area contributed by atoms with Gasteiger partial charge in [-0.05, 0) is 54.4 Å². The van der Waals surface area contributed by atoms with Gasteiger partial charge < -0.3 is 15.4 Å². The van der Waals surface area contributed by atoms with Crippen LogP contribution in [0.5, 0.6) is 5.75 Å². The molecule has 0 bridgehead atoms. The molecule has 0 aromatic heterocycles. The number of hydrogen-bond acceptors (Lipinski definition) is 2. The Hall–Kier alpha value is -2.07. The van der Waals surface area contributed by atoms with Crippen molar-refractivity contribution >= 4 is 23.0 Å². The van der Waals surface area contributed by atoms with Gasteiger partial charge in [-0.3, -0.25) is 0 Å². The largest absolute Gasteiger partial charge is 0.497 e. The van der Waals surface area contributed by atoms with Crippen molar-refractivity contribution in [1.29, 1.82) is 0 Å². The van der Waals surface area contributed by atoms with E-state index in [1.165, 1.54) is 5.56 Å². The third-order valence-corrected chi connectivity index (χ3v) is 3.78. The molecule has 1 atom stereocenters. The van der Waals surface area contributed by atoms with Crippen LogP contribution in [0.3, 0.4) is 0 Å². The molecular weight excluding hydrogens is 304 g/mol. The Kier molecular flexibility index (Phi) is 6.41. The van der Waals surface area contributed by atoms with Gasteiger partial charge in [0.1, 0.15) is 5.75 Å². The minimum Gasteiger partial charge on any atom is -0.497 e. The lowest BCUT2D eigenvalue weighted by Gasteiger charge is -2.23. The fourth-order valence-corrected chi connectivity index (χ4v) is 2.69. The lowest BCUT2D eigenvalue weighted by atomic mass is 9.97. The summed E-state index contributed by atoms with van der Waals surface area (Å²) < 4.78 is 5.23. The van der Waals surface area contributed by atoms with E-state index in [2.05, 4.69) is 36.6 Å². The van der Waals surface area contributed by atoms with Gasteiger partial charge in [0.05, 0.1) is 13.2 Å². The quantitative estimate of drug-likeness (QED) is 0.749. The van der Waals surface area contributed by atoms with Crippen molar-refractivity contribution in [2.75, 3.05) is 12.4 Å². The summed E-state index contributed by atoms with van der Waals surface area (Å²) in [6.07, 6.45) is 1.00. The minimum atomic E-state index is 0.171. The van der Waals surface area contributed by atoms with Gasteiger partial charge in [-0.2, -0.15) is 0 Å². The SMILES string of the molecule is COc1ccc([C@H](CC(C)C)NC(=S)Nc2ccccc2)cc1. The standard InChI is InChI=1S/C19H24N2OS/c1-14(2)13-18(15-9-11-17(22-3)12-10-15)21-19(23)20-16-7-5-4-6-8-16/h4-12,14,18H,13H2,1-3H3,(H2,20,21,23)/t18-/m0/s1. The average Bonchev–Trinajstić information content (AvgIpc) is 2.55. The summed E-state index contributed by atoms with van der Waals surface area (Å²) >= 11 is 5.47. The van der Waals surface area contributed by atoms with E-state index in [0.29, 0.717) is 11.0 Å². The van der Waals surface area contributed by atoms with Crippen LogP contribution in [-0.2, 0) is 0 Å². The summed E-state index contributed by atoms with van der Waals surface area (Å²) in [5.74, 6) is 1.43. The average molecular weight is 328 g/mol. The predicted molar refractivity (Wildman–Crippen MR) is 101 cm³/mol. The third-order valence-electron chi connectivity index (χ3n) is 3.56. The third kappa shape index (κ3) is 5.57. The van der Waals surface area contributed by atoms with Gasteiger partial charge in [-0.25, -0.2) is 0 Å². The highest BCUT2D eigenvalue weighted by atomic mass is 32.1. The monoisotopic (exact) mass is 328 g/mol. The van der Waals surface area contributed by atoms with Gasteiger partial charge in [-0.15, -0.1) is 0 Å². The Bertz CT molecular complexity index is 611. The first-order chi connectivity index (χ1) is 11.1. The Morgan fingerprint density at radius 2 is 1.70 bits per heavy atom. The van der Waals surface area contributed by atoms with Crippen LogP contribution in [0.25, 0.3) is 0 Å². The maximum atomic E-state index is 5.47. The minimum absolute atomic E-state index is 0.171. The molecule has 4 heteroatoms. The summed E-state index contributed by atoms with van der Waals surface area (Å²) in [5.41, 5.74) is 2.19. The van der Waals surface area contributed by atoms with Crippen LogP contribution in [0.1, 0.15) is 31.9 Å². The van der Waals surface area contributed by atoms with E-state index in [0.717, 1.165) is 17.9 Å². The molecule has 0 amide bonds. The van der Waals surface area contributed by atoms with Crippen LogP contribution in [0, 0.1) is 5.92 Å². The molecule has 0 saturated heterocycles. The molecular formula is C19H24N2OS. The highest BCUT2D eigenvalue weighted by Crippen LogP contribution is 2.23. The molecule has 0 aliphatic carbocycles. The van der Waals surface area contributed by atoms with Crippen LogP contribution in [-0.4, -0.2) is 12.2 Å². The summed E-state index contributed by atoms with van der Waals surface area (Å²) in [6.45, 7) is 4.43. The van der Waals surface area contributed by atoms with Gasteiger partial charge in [-0.1, -0.05) is 44.2 Å². The van der Waals surface area contributed by atoms with Crippen molar-refractivity contribution in [3.8, 4) is 5.75 Å². The number of ether oxygens (including phenoxy) is 1. The predicted octanol–water partition coefficient (Wildman–Crippen LogP) is 4.77. The van der Waals surface area contributed by atoms with Crippen molar-refractivity contribution in [2.45, 2.75) is 26.3 Å². The fourth-order valence-electron chi connectivity index (χ4n) is 2.43. The molecule has 0 unspecified atom stereocenters. The number of nitrogens with one attached hydrogen (secondary N) is 2. The van der Waals surface area contributed by atoms with Crippen LogP contribution in [0.2, 0.25) is 0 Å². The smallest absolute Gasteiger partial charge is 0.171 e. The topological polar surface area (TPSA) is 33.3 Å². The second-order valence-corrected chi connectivity index (χ2v) is 6.33. The van der Waals surface area contributed by atoms with Gasteiger partial charge in [0.15, 0.2) is 5.11 Å². The van der Waals surface area contributed by atoms with Gasteiger partial charge in [0.25, 0.3) is 0 Å². The Morgan fingerprint density at radius 3 is 2.26 bits per heavy atom. The molecule has 0 saturated carbocycles. The summed E-state index contributed by atoms with van der Waals surface area (Å²) in [6, 6.07) is 18.3. The van der Waals surface area contributed by atoms with Gasteiger partial charge in [0, 0.05) is 5.69 Å². The lowest BCUT2D eigenvalue weighted by molar-refractivity contribution is 0.414. The number of methoxy groups -OCH3 is 1. The highest BCUT2D eigenvalue weighted by Gasteiger charge is 2.15. The first-order valence-corrected chi connectivity index (χ1v) is 8.26. The maximum absolute atomic E-state index is 5.47. The molecule has 0 fully saturated rings. The van der Waals surface area contributed by atoms with E-state index in [1.807, 2.05) is 42.5 Å². The number of anilines is 1. The van der Waals surface area contributed by atoms with E-state index in [4.69, 9.17) is 17.0 Å². The zero-order chi connectivity index (χ0) is 16.7. The van der Waals surface area contributed by atoms with E-state index in [-0.39, 0.29) is 6.04 Å². The lowest BCUT2D eigenvalue weighted by Crippen LogP contribution is -2.33. The number of rotatable bonds is 6. The normalized spacial score (nSPS) is 11.8. The van der Waals surface area contributed by atoms with Crippen LogP contribution >= 0.6 is 12.2 Å². The molecule has 0 heterocycles. The van der Waals surface area contributed by atoms with Crippen molar-refractivity contribution in [3.63, 3.8) is 0 Å².